The average molecular weight is 363 g/mol. The van der Waals surface area contributed by atoms with Gasteiger partial charge in [0, 0.05) is 6.42 Å². The second-order valence-electron chi connectivity index (χ2n) is 6.31. The first-order valence-electron chi connectivity index (χ1n) is 8.79. The lowest BCUT2D eigenvalue weighted by Crippen LogP contribution is -2.26. The van der Waals surface area contributed by atoms with E-state index in [4.69, 9.17) is 5.26 Å². The molecule has 0 spiro atoms. The van der Waals surface area contributed by atoms with E-state index >= 15 is 0 Å². The molecule has 0 fully saturated rings. The van der Waals surface area contributed by atoms with Crippen molar-refractivity contribution in [3.63, 3.8) is 0 Å². The van der Waals surface area contributed by atoms with E-state index in [-0.39, 0.29) is 11.9 Å². The summed E-state index contributed by atoms with van der Waals surface area (Å²) in [4.78, 5) is 16.8. The van der Waals surface area contributed by atoms with Crippen molar-refractivity contribution >= 4 is 27.5 Å². The van der Waals surface area contributed by atoms with E-state index in [1.807, 2.05) is 37.3 Å². The predicted octanol–water partition coefficient (Wildman–Crippen LogP) is 4.76. The Morgan fingerprint density at radius 2 is 1.96 bits per heavy atom. The molecule has 2 aromatic carbocycles. The molecule has 4 nitrogen and oxygen atoms in total. The fourth-order valence-electron chi connectivity index (χ4n) is 2.83. The zero-order chi connectivity index (χ0) is 18.4. The van der Waals surface area contributed by atoms with Gasteiger partial charge in [-0.1, -0.05) is 24.3 Å². The lowest BCUT2D eigenvalue weighted by atomic mass is 10.1. The van der Waals surface area contributed by atoms with Crippen molar-refractivity contribution in [3.05, 3.63) is 64.7 Å². The molecule has 0 radical (unpaired) electrons. The first-order chi connectivity index (χ1) is 12.7. The standard InChI is InChI=1S/C21H21N3OS/c1-15(17-12-10-16(14-22)11-13-17)23-20(25)8-4-5-9-21-24-18-6-2-3-7-19(18)26-21/h2-3,6-7,10-13,15H,4-5,8-9H2,1H3,(H,23,25). The quantitative estimate of drug-likeness (QED) is 0.616. The van der Waals surface area contributed by atoms with E-state index in [0.29, 0.717) is 12.0 Å². The number of amides is 1. The Labute approximate surface area is 157 Å². The van der Waals surface area contributed by atoms with Crippen LogP contribution in [0.25, 0.3) is 10.2 Å². The largest absolute Gasteiger partial charge is 0.350 e. The molecule has 0 aliphatic rings. The highest BCUT2D eigenvalue weighted by Gasteiger charge is 2.10. The van der Waals surface area contributed by atoms with E-state index in [1.165, 1.54) is 4.70 Å². The number of benzene rings is 2. The van der Waals surface area contributed by atoms with Crippen LogP contribution in [0.5, 0.6) is 0 Å². The van der Waals surface area contributed by atoms with Crippen LogP contribution in [0.3, 0.4) is 0 Å². The summed E-state index contributed by atoms with van der Waals surface area (Å²) in [6.45, 7) is 1.96. The van der Waals surface area contributed by atoms with E-state index < -0.39 is 0 Å². The van der Waals surface area contributed by atoms with Gasteiger partial charge < -0.3 is 5.32 Å². The van der Waals surface area contributed by atoms with Gasteiger partial charge in [-0.05, 0) is 56.0 Å². The second-order valence-corrected chi connectivity index (χ2v) is 7.42. The van der Waals surface area contributed by atoms with Crippen molar-refractivity contribution in [1.82, 2.24) is 10.3 Å². The fourth-order valence-corrected chi connectivity index (χ4v) is 3.84. The molecule has 1 amide bonds. The number of carbonyl (C=O) groups is 1. The number of carbonyl (C=O) groups excluding carboxylic acids is 1. The van der Waals surface area contributed by atoms with E-state index in [0.717, 1.165) is 35.4 Å². The summed E-state index contributed by atoms with van der Waals surface area (Å²) in [6, 6.07) is 17.5. The third-order valence-electron chi connectivity index (χ3n) is 4.30. The van der Waals surface area contributed by atoms with Crippen molar-refractivity contribution in [2.45, 2.75) is 38.6 Å². The molecule has 3 rings (SSSR count). The van der Waals surface area contributed by atoms with Crippen molar-refractivity contribution < 1.29 is 4.79 Å². The molecule has 0 saturated heterocycles. The van der Waals surface area contributed by atoms with E-state index in [1.54, 1.807) is 23.5 Å². The van der Waals surface area contributed by atoms with Crippen molar-refractivity contribution in [1.29, 1.82) is 5.26 Å². The van der Waals surface area contributed by atoms with Gasteiger partial charge in [-0.3, -0.25) is 4.79 Å². The third-order valence-corrected chi connectivity index (χ3v) is 5.40. The molecule has 0 bridgehead atoms. The first kappa shape index (κ1) is 18.1. The highest BCUT2D eigenvalue weighted by Crippen LogP contribution is 2.23. The average Bonchev–Trinajstić information content (AvgIpc) is 3.08. The Bertz CT molecular complexity index is 891. The molecule has 0 aliphatic heterocycles. The highest BCUT2D eigenvalue weighted by molar-refractivity contribution is 7.18. The van der Waals surface area contributed by atoms with Crippen LogP contribution in [0.4, 0.5) is 0 Å². The number of rotatable bonds is 7. The number of aryl methyl sites for hydroxylation is 1. The van der Waals surface area contributed by atoms with Gasteiger partial charge in [0.05, 0.1) is 32.9 Å². The lowest BCUT2D eigenvalue weighted by molar-refractivity contribution is -0.121. The maximum absolute atomic E-state index is 12.1. The van der Waals surface area contributed by atoms with Crippen molar-refractivity contribution in [2.75, 3.05) is 0 Å². The number of nitrogens with one attached hydrogen (secondary N) is 1. The Morgan fingerprint density at radius 1 is 1.19 bits per heavy atom. The molecule has 1 heterocycles. The van der Waals surface area contributed by atoms with Gasteiger partial charge in [0.25, 0.3) is 0 Å². The SMILES string of the molecule is CC(NC(=O)CCCCc1nc2ccccc2s1)c1ccc(C#N)cc1. The van der Waals surface area contributed by atoms with Crippen LogP contribution >= 0.6 is 11.3 Å². The minimum absolute atomic E-state index is 0.0560. The maximum atomic E-state index is 12.1. The summed E-state index contributed by atoms with van der Waals surface area (Å²) in [5.41, 5.74) is 2.69. The summed E-state index contributed by atoms with van der Waals surface area (Å²) in [6.07, 6.45) is 3.24. The summed E-state index contributed by atoms with van der Waals surface area (Å²) < 4.78 is 1.22. The van der Waals surface area contributed by atoms with Crippen LogP contribution < -0.4 is 5.32 Å². The fraction of sp³-hybridized carbons (Fsp3) is 0.286. The van der Waals surface area contributed by atoms with E-state index in [9.17, 15) is 4.79 Å². The van der Waals surface area contributed by atoms with Crippen molar-refractivity contribution in [2.24, 2.45) is 0 Å². The second kappa shape index (κ2) is 8.59. The summed E-state index contributed by atoms with van der Waals surface area (Å²) in [7, 11) is 0. The number of nitrogens with zero attached hydrogens (tertiary/aromatic N) is 2. The topological polar surface area (TPSA) is 65.8 Å². The number of thiazole rings is 1. The summed E-state index contributed by atoms with van der Waals surface area (Å²) in [5.74, 6) is 0.0613. The Balaban J connectivity index is 1.41. The molecule has 1 unspecified atom stereocenters. The first-order valence-corrected chi connectivity index (χ1v) is 9.61. The van der Waals surface area contributed by atoms with Crippen LogP contribution in [-0.2, 0) is 11.2 Å². The van der Waals surface area contributed by atoms with Gasteiger partial charge in [0.15, 0.2) is 0 Å². The third kappa shape index (κ3) is 4.68. The van der Waals surface area contributed by atoms with Gasteiger partial charge in [-0.15, -0.1) is 11.3 Å². The smallest absolute Gasteiger partial charge is 0.220 e. The van der Waals surface area contributed by atoms with Gasteiger partial charge in [-0.2, -0.15) is 5.26 Å². The Hall–Kier alpha value is -2.71. The molecular formula is C21H21N3OS. The monoisotopic (exact) mass is 363 g/mol. The van der Waals surface area contributed by atoms with Crippen LogP contribution in [0.15, 0.2) is 48.5 Å². The zero-order valence-corrected chi connectivity index (χ0v) is 15.6. The van der Waals surface area contributed by atoms with Crippen LogP contribution in [0, 0.1) is 11.3 Å². The minimum Gasteiger partial charge on any atom is -0.350 e. The highest BCUT2D eigenvalue weighted by atomic mass is 32.1. The molecule has 1 N–H and O–H groups in total. The van der Waals surface area contributed by atoms with Crippen LogP contribution in [0.1, 0.15) is 48.4 Å². The number of unbranched alkanes of at least 4 members (excludes halogenated alkanes) is 1. The molecule has 132 valence electrons. The number of hydrogen-bond acceptors (Lipinski definition) is 4. The predicted molar refractivity (Wildman–Crippen MR) is 105 cm³/mol. The maximum Gasteiger partial charge on any atom is 0.220 e. The van der Waals surface area contributed by atoms with Crippen LogP contribution in [-0.4, -0.2) is 10.9 Å². The Morgan fingerprint density at radius 3 is 2.69 bits per heavy atom. The van der Waals surface area contributed by atoms with Gasteiger partial charge in [0.2, 0.25) is 5.91 Å². The summed E-state index contributed by atoms with van der Waals surface area (Å²) >= 11 is 1.73. The lowest BCUT2D eigenvalue weighted by Gasteiger charge is -2.14. The van der Waals surface area contributed by atoms with Gasteiger partial charge >= 0.3 is 0 Å². The van der Waals surface area contributed by atoms with Gasteiger partial charge in [0.1, 0.15) is 0 Å². The molecule has 26 heavy (non-hydrogen) atoms. The molecule has 0 saturated carbocycles. The summed E-state index contributed by atoms with van der Waals surface area (Å²) in [5, 5.41) is 13.0. The number of para-hydroxylation sites is 1. The number of nitriles is 1. The van der Waals surface area contributed by atoms with Gasteiger partial charge in [-0.25, -0.2) is 4.98 Å². The molecule has 1 aromatic heterocycles. The molecule has 1 atom stereocenters. The molecule has 0 aliphatic carbocycles. The van der Waals surface area contributed by atoms with E-state index in [2.05, 4.69) is 22.4 Å². The Kier molecular flexibility index (Phi) is 5.98. The number of aromatic nitrogens is 1. The molecule has 5 heteroatoms. The minimum atomic E-state index is -0.0560. The normalized spacial score (nSPS) is 11.8. The number of hydrogen-bond donors (Lipinski definition) is 1. The van der Waals surface area contributed by atoms with Crippen LogP contribution in [0.2, 0.25) is 0 Å². The number of fused-ring (bicyclic) bond motifs is 1. The zero-order valence-electron chi connectivity index (χ0n) is 14.7. The molecule has 3 aromatic rings. The van der Waals surface area contributed by atoms with Crippen molar-refractivity contribution in [3.8, 4) is 6.07 Å². The molecular weight excluding hydrogens is 342 g/mol.